The van der Waals surface area contributed by atoms with Gasteiger partial charge in [0.2, 0.25) is 0 Å². The maximum absolute atomic E-state index is 6.27. The molecule has 2 fully saturated rings. The Morgan fingerprint density at radius 1 is 1.20 bits per heavy atom. The monoisotopic (exact) mass is 427 g/mol. The third-order valence-corrected chi connectivity index (χ3v) is 7.10. The lowest BCUT2D eigenvalue weighted by atomic mass is 9.89. The highest BCUT2D eigenvalue weighted by Gasteiger charge is 2.28. The molecule has 0 radical (unpaired) electrons. The van der Waals surface area contributed by atoms with E-state index in [0.29, 0.717) is 5.92 Å². The molecule has 0 unspecified atom stereocenters. The van der Waals surface area contributed by atoms with Crippen molar-refractivity contribution in [2.24, 2.45) is 0 Å². The summed E-state index contributed by atoms with van der Waals surface area (Å²) in [5.41, 5.74) is 2.36. The average molecular weight is 428 g/mol. The number of nitrogens with one attached hydrogen (secondary N) is 1. The molecule has 0 amide bonds. The van der Waals surface area contributed by atoms with E-state index >= 15 is 0 Å². The number of benzene rings is 1. The van der Waals surface area contributed by atoms with Gasteiger partial charge in [-0.15, -0.1) is 16.8 Å². The predicted octanol–water partition coefficient (Wildman–Crippen LogP) is 4.36. The average Bonchev–Trinajstić information content (AvgIpc) is 3.40. The number of hydrogen-bond acceptors (Lipinski definition) is 6. The summed E-state index contributed by atoms with van der Waals surface area (Å²) in [5, 5.41) is 13.6. The Balaban J connectivity index is 1.35. The van der Waals surface area contributed by atoms with Crippen LogP contribution in [-0.2, 0) is 11.3 Å². The summed E-state index contributed by atoms with van der Waals surface area (Å²) >= 11 is 1.74. The molecule has 2 atom stereocenters. The van der Waals surface area contributed by atoms with Crippen molar-refractivity contribution >= 4 is 17.4 Å². The molecule has 1 N–H and O–H groups in total. The highest BCUT2D eigenvalue weighted by molar-refractivity contribution is 7.99. The second-order valence-electron chi connectivity index (χ2n) is 8.42. The van der Waals surface area contributed by atoms with Crippen molar-refractivity contribution in [3.8, 4) is 0 Å². The van der Waals surface area contributed by atoms with Crippen molar-refractivity contribution in [1.82, 2.24) is 20.1 Å². The van der Waals surface area contributed by atoms with Crippen molar-refractivity contribution in [2.75, 3.05) is 31.3 Å². The first-order chi connectivity index (χ1) is 14.7. The molecule has 6 nitrogen and oxygen atoms in total. The van der Waals surface area contributed by atoms with Crippen LogP contribution >= 0.6 is 11.8 Å². The van der Waals surface area contributed by atoms with Gasteiger partial charge in [-0.2, -0.15) is 0 Å². The first-order valence-electron chi connectivity index (χ1n) is 11.0. The molecule has 1 saturated carbocycles. The molecule has 1 aliphatic heterocycles. The molecule has 4 rings (SSSR count). The maximum Gasteiger partial charge on any atom is 0.191 e. The topological polar surface area (TPSA) is 55.2 Å². The zero-order valence-corrected chi connectivity index (χ0v) is 18.9. The Hall–Kier alpha value is -1.83. The Labute approximate surface area is 184 Å². The van der Waals surface area contributed by atoms with Crippen molar-refractivity contribution in [1.29, 1.82) is 0 Å². The Morgan fingerprint density at radius 2 is 1.97 bits per heavy atom. The highest BCUT2D eigenvalue weighted by Crippen LogP contribution is 2.34. The second kappa shape index (κ2) is 9.98. The van der Waals surface area contributed by atoms with E-state index in [9.17, 15) is 0 Å². The summed E-state index contributed by atoms with van der Waals surface area (Å²) in [4.78, 5) is 2.10. The largest absolute Gasteiger partial charge is 0.378 e. The summed E-state index contributed by atoms with van der Waals surface area (Å²) in [5.74, 6) is 2.54. The standard InChI is InChI=1S/C23H33N5OS/c1-4-14-28-21(17-8-6-5-7-9-17)25-26-23(28)30-16-20-15-24-22(29-20)18-10-12-19(13-11-18)27(2)3/h4,10-13,17,20,22,24H,1,5-9,14-16H2,2-3H3/t20-,22+/m1/s1. The maximum atomic E-state index is 6.27. The SMILES string of the molecule is C=CCn1c(SC[C@H]2CN[C@H](c3ccc(N(C)C)cc3)O2)nnc1C1CCCCC1. The van der Waals surface area contributed by atoms with Crippen molar-refractivity contribution in [3.05, 3.63) is 48.3 Å². The van der Waals surface area contributed by atoms with Crippen LogP contribution in [0.25, 0.3) is 0 Å². The van der Waals surface area contributed by atoms with E-state index in [1.807, 2.05) is 6.08 Å². The summed E-state index contributed by atoms with van der Waals surface area (Å²) in [7, 11) is 4.11. The van der Waals surface area contributed by atoms with E-state index in [2.05, 4.69) is 69.9 Å². The lowest BCUT2D eigenvalue weighted by Gasteiger charge is -2.21. The minimum absolute atomic E-state index is 0.0457. The van der Waals surface area contributed by atoms with Crippen molar-refractivity contribution < 1.29 is 4.74 Å². The molecule has 0 bridgehead atoms. The van der Waals surface area contributed by atoms with Crippen LogP contribution in [0.15, 0.2) is 42.1 Å². The van der Waals surface area contributed by atoms with E-state index in [0.717, 1.165) is 29.8 Å². The zero-order chi connectivity index (χ0) is 20.9. The highest BCUT2D eigenvalue weighted by atomic mass is 32.2. The minimum atomic E-state index is -0.0457. The van der Waals surface area contributed by atoms with Gasteiger partial charge in [0.25, 0.3) is 0 Å². The van der Waals surface area contributed by atoms with Gasteiger partial charge in [0.05, 0.1) is 6.10 Å². The predicted molar refractivity (Wildman–Crippen MR) is 123 cm³/mol. The quantitative estimate of drug-likeness (QED) is 0.499. The molecule has 7 heteroatoms. The molecule has 2 aromatic rings. The lowest BCUT2D eigenvalue weighted by Crippen LogP contribution is -2.17. The van der Waals surface area contributed by atoms with E-state index < -0.39 is 0 Å². The number of nitrogens with zero attached hydrogens (tertiary/aromatic N) is 4. The number of rotatable bonds is 8. The van der Waals surface area contributed by atoms with Gasteiger partial charge in [0.15, 0.2) is 5.16 Å². The van der Waals surface area contributed by atoms with Gasteiger partial charge in [-0.1, -0.05) is 49.2 Å². The minimum Gasteiger partial charge on any atom is -0.378 e. The number of aromatic nitrogens is 3. The molecule has 1 aliphatic carbocycles. The van der Waals surface area contributed by atoms with Crippen molar-refractivity contribution in [3.63, 3.8) is 0 Å². The fourth-order valence-corrected chi connectivity index (χ4v) is 5.26. The number of hydrogen-bond donors (Lipinski definition) is 1. The normalized spacial score (nSPS) is 22.3. The second-order valence-corrected chi connectivity index (χ2v) is 9.41. The van der Waals surface area contributed by atoms with Crippen LogP contribution in [0.4, 0.5) is 5.69 Å². The molecule has 2 heterocycles. The summed E-state index contributed by atoms with van der Waals surface area (Å²) in [6.07, 6.45) is 8.45. The molecule has 1 aromatic carbocycles. The molecule has 1 aromatic heterocycles. The van der Waals surface area contributed by atoms with Crippen LogP contribution in [0.2, 0.25) is 0 Å². The van der Waals surface area contributed by atoms with Crippen LogP contribution in [0.3, 0.4) is 0 Å². The van der Waals surface area contributed by atoms with Crippen LogP contribution in [0, 0.1) is 0 Å². The van der Waals surface area contributed by atoms with E-state index in [1.165, 1.54) is 43.4 Å². The molecule has 1 saturated heterocycles. The first-order valence-corrected chi connectivity index (χ1v) is 12.0. The smallest absolute Gasteiger partial charge is 0.191 e. The van der Waals surface area contributed by atoms with Crippen LogP contribution in [-0.4, -0.2) is 47.3 Å². The zero-order valence-electron chi connectivity index (χ0n) is 18.1. The summed E-state index contributed by atoms with van der Waals surface area (Å²) < 4.78 is 8.53. The summed E-state index contributed by atoms with van der Waals surface area (Å²) in [6.45, 7) is 5.55. The number of anilines is 1. The number of allylic oxidation sites excluding steroid dienone is 1. The summed E-state index contributed by atoms with van der Waals surface area (Å²) in [6, 6.07) is 8.54. The third kappa shape index (κ3) is 4.90. The number of ether oxygens (including phenoxy) is 1. The van der Waals surface area contributed by atoms with Gasteiger partial charge in [0.1, 0.15) is 12.1 Å². The lowest BCUT2D eigenvalue weighted by molar-refractivity contribution is 0.0534. The molecule has 162 valence electrons. The van der Waals surface area contributed by atoms with Gasteiger partial charge in [-0.25, -0.2) is 0 Å². The molecule has 2 aliphatic rings. The van der Waals surface area contributed by atoms with E-state index in [1.54, 1.807) is 11.8 Å². The fourth-order valence-electron chi connectivity index (χ4n) is 4.31. The first kappa shape index (κ1) is 21.4. The van der Waals surface area contributed by atoms with Crippen molar-refractivity contribution in [2.45, 2.75) is 62.1 Å². The third-order valence-electron chi connectivity index (χ3n) is 6.00. The molecular formula is C23H33N5OS. The molecule has 30 heavy (non-hydrogen) atoms. The van der Waals surface area contributed by atoms with Gasteiger partial charge < -0.3 is 14.2 Å². The van der Waals surface area contributed by atoms with Gasteiger partial charge in [-0.05, 0) is 30.5 Å². The van der Waals surface area contributed by atoms with E-state index in [4.69, 9.17) is 4.74 Å². The Morgan fingerprint density at radius 3 is 2.67 bits per heavy atom. The molecule has 0 spiro atoms. The van der Waals surface area contributed by atoms with Gasteiger partial charge >= 0.3 is 0 Å². The Kier molecular flexibility index (Phi) is 7.12. The van der Waals surface area contributed by atoms with Crippen LogP contribution in [0.5, 0.6) is 0 Å². The van der Waals surface area contributed by atoms with Gasteiger partial charge in [-0.3, -0.25) is 5.32 Å². The van der Waals surface area contributed by atoms with Crippen LogP contribution in [0.1, 0.15) is 55.6 Å². The van der Waals surface area contributed by atoms with Gasteiger partial charge in [0, 0.05) is 44.5 Å². The number of thioether (sulfide) groups is 1. The Bertz CT molecular complexity index is 829. The molecular weight excluding hydrogens is 394 g/mol. The van der Waals surface area contributed by atoms with Crippen LogP contribution < -0.4 is 10.2 Å². The fraction of sp³-hybridized carbons (Fsp3) is 0.565. The van der Waals surface area contributed by atoms with E-state index in [-0.39, 0.29) is 12.3 Å².